The second-order valence-electron chi connectivity index (χ2n) is 6.41. The van der Waals surface area contributed by atoms with Gasteiger partial charge in [0.25, 0.3) is 0 Å². The predicted molar refractivity (Wildman–Crippen MR) is 79.9 cm³/mol. The molecule has 0 bridgehead atoms. The van der Waals surface area contributed by atoms with Crippen LogP contribution in [-0.4, -0.2) is 38.7 Å². The van der Waals surface area contributed by atoms with Crippen LogP contribution in [0.5, 0.6) is 5.75 Å². The lowest BCUT2D eigenvalue weighted by Crippen LogP contribution is -2.43. The van der Waals surface area contributed by atoms with Gasteiger partial charge in [0.1, 0.15) is 5.75 Å². The number of rotatable bonds is 2. The smallest absolute Gasteiger partial charge is 0.122 e. The third-order valence-electron chi connectivity index (χ3n) is 3.93. The Bertz CT molecular complexity index is 437. The minimum Gasteiger partial charge on any atom is -0.496 e. The van der Waals surface area contributed by atoms with Crippen molar-refractivity contribution in [2.24, 2.45) is 0 Å². The van der Waals surface area contributed by atoms with Gasteiger partial charge in [0.2, 0.25) is 0 Å². The average molecular weight is 262 g/mol. The lowest BCUT2D eigenvalue weighted by atomic mass is 9.84. The van der Waals surface area contributed by atoms with Crippen molar-refractivity contribution < 1.29 is 4.74 Å². The minimum atomic E-state index is 0.0992. The van der Waals surface area contributed by atoms with Crippen LogP contribution in [0.3, 0.4) is 0 Å². The Morgan fingerprint density at radius 2 is 2.05 bits per heavy atom. The Hall–Kier alpha value is -1.06. The monoisotopic (exact) mass is 262 g/mol. The van der Waals surface area contributed by atoms with E-state index in [9.17, 15) is 0 Å². The zero-order valence-electron chi connectivity index (χ0n) is 12.8. The highest BCUT2D eigenvalue weighted by molar-refractivity contribution is 5.42. The largest absolute Gasteiger partial charge is 0.496 e. The lowest BCUT2D eigenvalue weighted by molar-refractivity contribution is 0.202. The van der Waals surface area contributed by atoms with E-state index in [2.05, 4.69) is 56.2 Å². The molecule has 1 N–H and O–H groups in total. The highest BCUT2D eigenvalue weighted by Crippen LogP contribution is 2.34. The van der Waals surface area contributed by atoms with Crippen molar-refractivity contribution in [1.82, 2.24) is 10.2 Å². The first-order chi connectivity index (χ1) is 8.93. The summed E-state index contributed by atoms with van der Waals surface area (Å²) >= 11 is 0. The highest BCUT2D eigenvalue weighted by Gasteiger charge is 2.24. The molecule has 0 aromatic heterocycles. The fraction of sp³-hybridized carbons (Fsp3) is 0.625. The first kappa shape index (κ1) is 14.4. The van der Waals surface area contributed by atoms with Crippen molar-refractivity contribution in [3.05, 3.63) is 29.3 Å². The zero-order valence-corrected chi connectivity index (χ0v) is 12.8. The van der Waals surface area contributed by atoms with Crippen molar-refractivity contribution in [2.75, 3.05) is 33.8 Å². The summed E-state index contributed by atoms with van der Waals surface area (Å²) < 4.78 is 5.51. The number of hydrogen-bond acceptors (Lipinski definition) is 3. The topological polar surface area (TPSA) is 24.5 Å². The fourth-order valence-corrected chi connectivity index (χ4v) is 2.70. The molecular formula is C16H26N2O. The second-order valence-corrected chi connectivity index (χ2v) is 6.41. The van der Waals surface area contributed by atoms with Crippen molar-refractivity contribution in [3.63, 3.8) is 0 Å². The number of benzene rings is 1. The first-order valence-corrected chi connectivity index (χ1v) is 7.03. The van der Waals surface area contributed by atoms with Crippen LogP contribution in [0.4, 0.5) is 0 Å². The molecule has 1 atom stereocenters. The number of piperazine rings is 1. The van der Waals surface area contributed by atoms with Gasteiger partial charge in [0.15, 0.2) is 0 Å². The van der Waals surface area contributed by atoms with Gasteiger partial charge in [-0.2, -0.15) is 0 Å². The summed E-state index contributed by atoms with van der Waals surface area (Å²) in [4.78, 5) is 2.42. The van der Waals surface area contributed by atoms with Gasteiger partial charge in [-0.05, 0) is 35.7 Å². The highest BCUT2D eigenvalue weighted by atomic mass is 16.5. The summed E-state index contributed by atoms with van der Waals surface area (Å²) in [6.45, 7) is 9.90. The molecule has 0 spiro atoms. The molecule has 0 saturated carbocycles. The van der Waals surface area contributed by atoms with Gasteiger partial charge in [0, 0.05) is 25.7 Å². The van der Waals surface area contributed by atoms with Gasteiger partial charge in [-0.25, -0.2) is 0 Å². The second kappa shape index (κ2) is 5.51. The van der Waals surface area contributed by atoms with Gasteiger partial charge in [-0.1, -0.05) is 26.8 Å². The molecule has 1 aromatic rings. The molecule has 2 rings (SSSR count). The van der Waals surface area contributed by atoms with Gasteiger partial charge in [-0.15, -0.1) is 0 Å². The maximum absolute atomic E-state index is 5.51. The van der Waals surface area contributed by atoms with E-state index in [4.69, 9.17) is 4.74 Å². The van der Waals surface area contributed by atoms with Crippen molar-refractivity contribution >= 4 is 0 Å². The predicted octanol–water partition coefficient (Wildman–Crippen LogP) is 2.57. The van der Waals surface area contributed by atoms with E-state index in [-0.39, 0.29) is 5.41 Å². The van der Waals surface area contributed by atoms with Crippen LogP contribution < -0.4 is 10.1 Å². The SMILES string of the molecule is COc1ccc(C2CNCCN2C)cc1C(C)(C)C. The standard InChI is InChI=1S/C16H26N2O/c1-16(2,3)13-10-12(6-7-15(13)19-5)14-11-17-8-9-18(14)4/h6-7,10,14,17H,8-9,11H2,1-5H3. The molecule has 3 heteroatoms. The Morgan fingerprint density at radius 3 is 2.63 bits per heavy atom. The Kier molecular flexibility index (Phi) is 4.16. The molecule has 0 aliphatic carbocycles. The van der Waals surface area contributed by atoms with Crippen molar-refractivity contribution in [1.29, 1.82) is 0 Å². The van der Waals surface area contributed by atoms with Gasteiger partial charge < -0.3 is 10.1 Å². The summed E-state index contributed by atoms with van der Waals surface area (Å²) in [6, 6.07) is 7.08. The van der Waals surface area contributed by atoms with Crippen LogP contribution in [-0.2, 0) is 5.41 Å². The first-order valence-electron chi connectivity index (χ1n) is 7.03. The van der Waals surface area contributed by atoms with Crippen LogP contribution >= 0.6 is 0 Å². The van der Waals surface area contributed by atoms with E-state index in [0.29, 0.717) is 6.04 Å². The van der Waals surface area contributed by atoms with Crippen LogP contribution in [0.2, 0.25) is 0 Å². The van der Waals surface area contributed by atoms with Crippen molar-refractivity contribution in [2.45, 2.75) is 32.2 Å². The molecule has 1 saturated heterocycles. The van der Waals surface area contributed by atoms with E-state index in [1.54, 1.807) is 7.11 Å². The number of hydrogen-bond donors (Lipinski definition) is 1. The van der Waals surface area contributed by atoms with Crippen LogP contribution in [0.25, 0.3) is 0 Å². The number of likely N-dealkylation sites (N-methyl/N-ethyl adjacent to an activating group) is 1. The summed E-state index contributed by atoms with van der Waals surface area (Å²) in [5, 5.41) is 3.48. The minimum absolute atomic E-state index is 0.0992. The maximum atomic E-state index is 5.51. The number of nitrogens with zero attached hydrogens (tertiary/aromatic N) is 1. The lowest BCUT2D eigenvalue weighted by Gasteiger charge is -2.34. The summed E-state index contributed by atoms with van der Waals surface area (Å²) in [6.07, 6.45) is 0. The fourth-order valence-electron chi connectivity index (χ4n) is 2.70. The number of methoxy groups -OCH3 is 1. The molecule has 1 aromatic carbocycles. The van der Waals surface area contributed by atoms with Crippen LogP contribution in [0.15, 0.2) is 18.2 Å². The zero-order chi connectivity index (χ0) is 14.0. The molecule has 1 heterocycles. The van der Waals surface area contributed by atoms with E-state index in [1.807, 2.05) is 0 Å². The summed E-state index contributed by atoms with van der Waals surface area (Å²) in [5.41, 5.74) is 2.76. The van der Waals surface area contributed by atoms with E-state index in [0.717, 1.165) is 25.4 Å². The number of nitrogens with one attached hydrogen (secondary N) is 1. The molecule has 0 amide bonds. The number of ether oxygens (including phenoxy) is 1. The third kappa shape index (κ3) is 3.10. The molecule has 1 aliphatic heterocycles. The molecular weight excluding hydrogens is 236 g/mol. The molecule has 1 fully saturated rings. The maximum Gasteiger partial charge on any atom is 0.122 e. The van der Waals surface area contributed by atoms with E-state index >= 15 is 0 Å². The van der Waals surface area contributed by atoms with E-state index < -0.39 is 0 Å². The molecule has 106 valence electrons. The summed E-state index contributed by atoms with van der Waals surface area (Å²) in [5.74, 6) is 0.989. The molecule has 1 aliphatic rings. The molecule has 19 heavy (non-hydrogen) atoms. The van der Waals surface area contributed by atoms with Crippen LogP contribution in [0, 0.1) is 0 Å². The molecule has 0 radical (unpaired) electrons. The van der Waals surface area contributed by atoms with Gasteiger partial charge >= 0.3 is 0 Å². The average Bonchev–Trinajstić information content (AvgIpc) is 2.37. The van der Waals surface area contributed by atoms with Crippen molar-refractivity contribution in [3.8, 4) is 5.75 Å². The Labute approximate surface area is 116 Å². The molecule has 3 nitrogen and oxygen atoms in total. The van der Waals surface area contributed by atoms with Gasteiger partial charge in [0.05, 0.1) is 7.11 Å². The normalized spacial score (nSPS) is 21.4. The van der Waals surface area contributed by atoms with Crippen LogP contribution in [0.1, 0.15) is 37.9 Å². The third-order valence-corrected chi connectivity index (χ3v) is 3.93. The van der Waals surface area contributed by atoms with Gasteiger partial charge in [-0.3, -0.25) is 4.90 Å². The quantitative estimate of drug-likeness (QED) is 0.886. The Balaban J connectivity index is 2.37. The summed E-state index contributed by atoms with van der Waals surface area (Å²) in [7, 11) is 3.95. The molecule has 1 unspecified atom stereocenters. The Morgan fingerprint density at radius 1 is 1.32 bits per heavy atom. The van der Waals surface area contributed by atoms with E-state index in [1.165, 1.54) is 11.1 Å².